The Labute approximate surface area is 115 Å². The summed E-state index contributed by atoms with van der Waals surface area (Å²) in [6.45, 7) is 5.51. The molecule has 0 aliphatic carbocycles. The summed E-state index contributed by atoms with van der Waals surface area (Å²) in [5.41, 5.74) is 0. The number of carbonyl (C=O) groups is 1. The quantitative estimate of drug-likeness (QED) is 0.654. The molecule has 1 atom stereocenters. The maximum atomic E-state index is 12.2. The van der Waals surface area contributed by atoms with Crippen molar-refractivity contribution in [2.45, 2.75) is 39.7 Å². The second-order valence-corrected chi connectivity index (χ2v) is 7.01. The zero-order valence-corrected chi connectivity index (χ0v) is 12.9. The summed E-state index contributed by atoms with van der Waals surface area (Å²) in [6, 6.07) is 0. The number of hydrogen-bond acceptors (Lipinski definition) is 4. The number of sulfonamides is 1. The second kappa shape index (κ2) is 8.50. The minimum atomic E-state index is -3.61. The number of methoxy groups -OCH3 is 1. The van der Waals surface area contributed by atoms with Gasteiger partial charge in [-0.25, -0.2) is 8.42 Å². The van der Waals surface area contributed by atoms with Crippen molar-refractivity contribution in [2.75, 3.05) is 26.0 Å². The molecule has 0 aromatic rings. The van der Waals surface area contributed by atoms with Gasteiger partial charge in [-0.05, 0) is 18.8 Å². The van der Waals surface area contributed by atoms with Crippen molar-refractivity contribution in [3.63, 3.8) is 0 Å². The van der Waals surface area contributed by atoms with Gasteiger partial charge in [-0.2, -0.15) is 4.31 Å². The van der Waals surface area contributed by atoms with Crippen LogP contribution in [0, 0.1) is 5.92 Å². The van der Waals surface area contributed by atoms with Crippen LogP contribution in [0.3, 0.4) is 0 Å². The molecule has 0 bridgehead atoms. The van der Waals surface area contributed by atoms with Gasteiger partial charge in [0.15, 0.2) is 0 Å². The molecule has 0 amide bonds. The molecule has 0 spiro atoms. The third kappa shape index (κ3) is 7.49. The van der Waals surface area contributed by atoms with Gasteiger partial charge in [0, 0.05) is 13.7 Å². The molecule has 0 saturated carbocycles. The number of carboxylic acid groups (broad SMARTS) is 1. The van der Waals surface area contributed by atoms with Gasteiger partial charge < -0.3 is 9.84 Å². The molecule has 0 heterocycles. The molecule has 1 N–H and O–H groups in total. The van der Waals surface area contributed by atoms with E-state index in [0.29, 0.717) is 18.8 Å². The van der Waals surface area contributed by atoms with Crippen LogP contribution in [-0.2, 0) is 19.6 Å². The Morgan fingerprint density at radius 1 is 1.37 bits per heavy atom. The van der Waals surface area contributed by atoms with Gasteiger partial charge in [0.05, 0.1) is 11.9 Å². The predicted octanol–water partition coefficient (Wildman–Crippen LogP) is 1.17. The summed E-state index contributed by atoms with van der Waals surface area (Å²) in [5, 5.41) is 8.77. The maximum Gasteiger partial charge on any atom is 0.318 e. The van der Waals surface area contributed by atoms with E-state index in [9.17, 15) is 13.2 Å². The number of carboxylic acids is 1. The van der Waals surface area contributed by atoms with Crippen LogP contribution in [-0.4, -0.2) is 55.9 Å². The summed E-state index contributed by atoms with van der Waals surface area (Å²) in [4.78, 5) is 10.7. The molecule has 0 aliphatic rings. The first-order chi connectivity index (χ1) is 8.72. The van der Waals surface area contributed by atoms with Gasteiger partial charge in [0.2, 0.25) is 10.0 Å². The smallest absolute Gasteiger partial charge is 0.318 e. The van der Waals surface area contributed by atoms with Crippen molar-refractivity contribution in [1.29, 1.82) is 0 Å². The number of rotatable bonds is 10. The summed E-state index contributed by atoms with van der Waals surface area (Å²) in [7, 11) is -2.13. The number of hydrogen-bond donors (Lipinski definition) is 1. The largest absolute Gasteiger partial charge is 0.480 e. The van der Waals surface area contributed by atoms with Crippen molar-refractivity contribution < 1.29 is 23.1 Å². The average Bonchev–Trinajstić information content (AvgIpc) is 2.26. The fourth-order valence-corrected chi connectivity index (χ4v) is 3.54. The normalized spacial score (nSPS) is 14.0. The maximum absolute atomic E-state index is 12.2. The van der Waals surface area contributed by atoms with Crippen LogP contribution >= 0.6 is 0 Å². The van der Waals surface area contributed by atoms with E-state index in [4.69, 9.17) is 9.84 Å². The zero-order chi connectivity index (χ0) is 15.1. The lowest BCUT2D eigenvalue weighted by Gasteiger charge is -2.23. The van der Waals surface area contributed by atoms with Crippen LogP contribution in [0.25, 0.3) is 0 Å². The summed E-state index contributed by atoms with van der Waals surface area (Å²) in [5.74, 6) is -0.997. The van der Waals surface area contributed by atoms with E-state index in [0.717, 1.165) is 4.31 Å². The minimum Gasteiger partial charge on any atom is -0.480 e. The predicted molar refractivity (Wildman–Crippen MR) is 73.5 cm³/mol. The summed E-state index contributed by atoms with van der Waals surface area (Å²) >= 11 is 0. The highest BCUT2D eigenvalue weighted by Crippen LogP contribution is 2.13. The van der Waals surface area contributed by atoms with Crippen molar-refractivity contribution in [1.82, 2.24) is 4.31 Å². The molecule has 0 aromatic carbocycles. The van der Waals surface area contributed by atoms with Crippen molar-refractivity contribution in [2.24, 2.45) is 5.92 Å². The van der Waals surface area contributed by atoms with Crippen LogP contribution in [0.15, 0.2) is 0 Å². The van der Waals surface area contributed by atoms with Crippen LogP contribution in [0.4, 0.5) is 0 Å². The molecule has 0 aromatic heterocycles. The Morgan fingerprint density at radius 3 is 2.32 bits per heavy atom. The lowest BCUT2D eigenvalue weighted by atomic mass is 10.1. The van der Waals surface area contributed by atoms with E-state index >= 15 is 0 Å². The van der Waals surface area contributed by atoms with E-state index in [-0.39, 0.29) is 12.3 Å². The van der Waals surface area contributed by atoms with Crippen LogP contribution in [0.2, 0.25) is 0 Å². The molecule has 6 nitrogen and oxygen atoms in total. The fraction of sp³-hybridized carbons (Fsp3) is 0.917. The molecular weight excluding hydrogens is 270 g/mol. The van der Waals surface area contributed by atoms with E-state index in [1.165, 1.54) is 7.11 Å². The molecule has 7 heteroatoms. The number of ether oxygens (including phenoxy) is 1. The minimum absolute atomic E-state index is 0.172. The van der Waals surface area contributed by atoms with Gasteiger partial charge in [-0.15, -0.1) is 0 Å². The molecule has 0 aliphatic heterocycles. The molecule has 0 fully saturated rings. The highest BCUT2D eigenvalue weighted by molar-refractivity contribution is 7.89. The van der Waals surface area contributed by atoms with E-state index in [2.05, 4.69) is 0 Å². The molecular formula is C12H25NO5S. The average molecular weight is 295 g/mol. The number of nitrogens with zero attached hydrogens (tertiary/aromatic N) is 1. The Hall–Kier alpha value is -0.660. The Balaban J connectivity index is 4.83. The van der Waals surface area contributed by atoms with Gasteiger partial charge in [-0.3, -0.25) is 4.79 Å². The highest BCUT2D eigenvalue weighted by atomic mass is 32.2. The second-order valence-electron chi connectivity index (χ2n) is 4.99. The third-order valence-corrected chi connectivity index (χ3v) is 4.53. The first-order valence-electron chi connectivity index (χ1n) is 6.45. The van der Waals surface area contributed by atoms with Crippen molar-refractivity contribution in [3.8, 4) is 0 Å². The first-order valence-corrected chi connectivity index (χ1v) is 8.06. The van der Waals surface area contributed by atoms with Gasteiger partial charge >= 0.3 is 5.97 Å². The summed E-state index contributed by atoms with van der Waals surface area (Å²) in [6.07, 6.45) is 0.801. The van der Waals surface area contributed by atoms with E-state index in [1.807, 2.05) is 20.8 Å². The fourth-order valence-electron chi connectivity index (χ4n) is 1.82. The van der Waals surface area contributed by atoms with Crippen LogP contribution in [0.5, 0.6) is 0 Å². The van der Waals surface area contributed by atoms with Crippen molar-refractivity contribution >= 4 is 16.0 Å². The van der Waals surface area contributed by atoms with E-state index in [1.54, 1.807) is 0 Å². The van der Waals surface area contributed by atoms with Crippen LogP contribution in [0.1, 0.15) is 33.6 Å². The molecule has 0 rings (SSSR count). The molecule has 0 saturated heterocycles. The third-order valence-electron chi connectivity index (χ3n) is 2.64. The molecule has 114 valence electrons. The monoisotopic (exact) mass is 295 g/mol. The highest BCUT2D eigenvalue weighted by Gasteiger charge is 2.27. The van der Waals surface area contributed by atoms with Gasteiger partial charge in [0.25, 0.3) is 0 Å². The van der Waals surface area contributed by atoms with Crippen molar-refractivity contribution in [3.05, 3.63) is 0 Å². The molecule has 1 unspecified atom stereocenters. The lowest BCUT2D eigenvalue weighted by molar-refractivity contribution is -0.137. The Kier molecular flexibility index (Phi) is 8.20. The topological polar surface area (TPSA) is 83.9 Å². The molecule has 19 heavy (non-hydrogen) atoms. The first kappa shape index (κ1) is 18.3. The number of aliphatic carboxylic acids is 1. The standard InChI is InChI=1S/C12H25NO5S/c1-5-6-13(8-12(14)15)19(16,17)9-11(18-4)7-10(2)3/h10-11H,5-9H2,1-4H3,(H,14,15). The zero-order valence-electron chi connectivity index (χ0n) is 12.1. The molecule has 0 radical (unpaired) electrons. The Bertz CT molecular complexity index is 366. The SMILES string of the molecule is CCCN(CC(=O)O)S(=O)(=O)CC(CC(C)C)OC. The lowest BCUT2D eigenvalue weighted by Crippen LogP contribution is -2.41. The summed E-state index contributed by atoms with van der Waals surface area (Å²) < 4.78 is 30.6. The van der Waals surface area contributed by atoms with E-state index < -0.39 is 28.6 Å². The Morgan fingerprint density at radius 2 is 1.95 bits per heavy atom. The van der Waals surface area contributed by atoms with Gasteiger partial charge in [-0.1, -0.05) is 20.8 Å². The van der Waals surface area contributed by atoms with Crippen LogP contribution < -0.4 is 0 Å². The van der Waals surface area contributed by atoms with Gasteiger partial charge in [0.1, 0.15) is 6.54 Å².